The Morgan fingerprint density at radius 3 is 2.45 bits per heavy atom. The van der Waals surface area contributed by atoms with E-state index in [4.69, 9.17) is 4.98 Å². The minimum absolute atomic E-state index is 0.246. The van der Waals surface area contributed by atoms with Gasteiger partial charge >= 0.3 is 0 Å². The Morgan fingerprint density at radius 2 is 1.52 bits per heavy atom. The Balaban J connectivity index is 1.49. The molecule has 5 aromatic rings. The van der Waals surface area contributed by atoms with Crippen LogP contribution in [-0.2, 0) is 0 Å². The standard InChI is InChI=1S/C26H18N2S/c1-2-7-19(8-3-1)26-28-23-13-12-18-10-11-20(16-22(18)25(23)29-26)24-21-9-5-4-6-17(21)14-15-27-24/h1-16,26,28H. The van der Waals surface area contributed by atoms with Crippen LogP contribution in [0.25, 0.3) is 32.8 Å². The van der Waals surface area contributed by atoms with Crippen LogP contribution in [0, 0.1) is 0 Å². The van der Waals surface area contributed by atoms with Crippen LogP contribution in [0.15, 0.2) is 102 Å². The smallest absolute Gasteiger partial charge is 0.103 e. The summed E-state index contributed by atoms with van der Waals surface area (Å²) < 4.78 is 0. The van der Waals surface area contributed by atoms with Gasteiger partial charge in [-0.2, -0.15) is 0 Å². The highest BCUT2D eigenvalue weighted by atomic mass is 32.2. The molecule has 6 rings (SSSR count). The molecule has 0 spiro atoms. The molecule has 0 amide bonds. The van der Waals surface area contributed by atoms with Crippen molar-refractivity contribution >= 4 is 39.0 Å². The van der Waals surface area contributed by atoms with Crippen molar-refractivity contribution in [1.82, 2.24) is 4.98 Å². The summed E-state index contributed by atoms with van der Waals surface area (Å²) in [4.78, 5) is 6.04. The number of benzene rings is 4. The van der Waals surface area contributed by atoms with Crippen molar-refractivity contribution in [2.75, 3.05) is 5.32 Å². The minimum atomic E-state index is 0.246. The highest BCUT2D eigenvalue weighted by Crippen LogP contribution is 2.50. The average molecular weight is 391 g/mol. The lowest BCUT2D eigenvalue weighted by Gasteiger charge is -2.10. The SMILES string of the molecule is c1ccc(C2Nc3ccc4ccc(-c5nccc6ccccc56)cc4c3S2)cc1. The molecule has 2 nitrogen and oxygen atoms in total. The maximum atomic E-state index is 4.72. The molecule has 4 aromatic carbocycles. The molecule has 0 saturated heterocycles. The van der Waals surface area contributed by atoms with Gasteiger partial charge in [0.2, 0.25) is 0 Å². The van der Waals surface area contributed by atoms with Crippen LogP contribution in [0.1, 0.15) is 10.9 Å². The van der Waals surface area contributed by atoms with Gasteiger partial charge in [-0.05, 0) is 39.9 Å². The third kappa shape index (κ3) is 2.78. The lowest BCUT2D eigenvalue weighted by molar-refractivity contribution is 1.14. The summed E-state index contributed by atoms with van der Waals surface area (Å²) in [5, 5.41) is 8.88. The van der Waals surface area contributed by atoms with Crippen LogP contribution in [0.3, 0.4) is 0 Å². The van der Waals surface area contributed by atoms with Gasteiger partial charge in [-0.3, -0.25) is 4.98 Å². The first-order valence-corrected chi connectivity index (χ1v) is 10.6. The van der Waals surface area contributed by atoms with E-state index in [9.17, 15) is 0 Å². The van der Waals surface area contributed by atoms with Gasteiger partial charge in [0.15, 0.2) is 0 Å². The highest BCUT2D eigenvalue weighted by molar-refractivity contribution is 8.00. The van der Waals surface area contributed by atoms with Gasteiger partial charge in [-0.15, -0.1) is 0 Å². The molecular formula is C26H18N2S. The second kappa shape index (κ2) is 6.64. The highest BCUT2D eigenvalue weighted by Gasteiger charge is 2.24. The van der Waals surface area contributed by atoms with Crippen LogP contribution in [0.2, 0.25) is 0 Å². The molecule has 0 radical (unpaired) electrons. The van der Waals surface area contributed by atoms with Gasteiger partial charge in [0.1, 0.15) is 5.37 Å². The number of pyridine rings is 1. The van der Waals surface area contributed by atoms with Crippen LogP contribution < -0.4 is 5.32 Å². The topological polar surface area (TPSA) is 24.9 Å². The molecular weight excluding hydrogens is 372 g/mol. The third-order valence-electron chi connectivity index (χ3n) is 5.54. The number of nitrogens with zero attached hydrogens (tertiary/aromatic N) is 1. The van der Waals surface area contributed by atoms with Crippen molar-refractivity contribution in [2.45, 2.75) is 10.3 Å². The zero-order chi connectivity index (χ0) is 19.2. The van der Waals surface area contributed by atoms with Crippen LogP contribution in [-0.4, -0.2) is 4.98 Å². The molecule has 29 heavy (non-hydrogen) atoms. The zero-order valence-corrected chi connectivity index (χ0v) is 16.5. The normalized spacial score (nSPS) is 15.4. The van der Waals surface area contributed by atoms with E-state index in [1.54, 1.807) is 0 Å². The van der Waals surface area contributed by atoms with E-state index in [-0.39, 0.29) is 5.37 Å². The van der Waals surface area contributed by atoms with Gasteiger partial charge in [0.05, 0.1) is 5.69 Å². The van der Waals surface area contributed by atoms with Gasteiger partial charge < -0.3 is 5.32 Å². The molecule has 1 aliphatic heterocycles. The molecule has 2 heterocycles. The van der Waals surface area contributed by atoms with Crippen LogP contribution in [0.5, 0.6) is 0 Å². The van der Waals surface area contributed by atoms with E-state index in [0.29, 0.717) is 0 Å². The second-order valence-corrected chi connectivity index (χ2v) is 8.43. The summed E-state index contributed by atoms with van der Waals surface area (Å²) in [5.74, 6) is 0. The molecule has 1 aliphatic rings. The molecule has 138 valence electrons. The predicted octanol–water partition coefficient (Wildman–Crippen LogP) is 7.27. The summed E-state index contributed by atoms with van der Waals surface area (Å²) >= 11 is 1.89. The summed E-state index contributed by atoms with van der Waals surface area (Å²) in [7, 11) is 0. The quantitative estimate of drug-likeness (QED) is 0.343. The number of anilines is 1. The van der Waals surface area contributed by atoms with Crippen molar-refractivity contribution in [2.24, 2.45) is 0 Å². The molecule has 1 unspecified atom stereocenters. The number of thioether (sulfide) groups is 1. The van der Waals surface area contributed by atoms with Crippen LogP contribution >= 0.6 is 11.8 Å². The predicted molar refractivity (Wildman–Crippen MR) is 123 cm³/mol. The lowest BCUT2D eigenvalue weighted by Crippen LogP contribution is -2.00. The fourth-order valence-corrected chi connectivity index (χ4v) is 5.37. The zero-order valence-electron chi connectivity index (χ0n) is 15.7. The van der Waals surface area contributed by atoms with Gasteiger partial charge in [-0.25, -0.2) is 0 Å². The van der Waals surface area contributed by atoms with Gasteiger partial charge in [-0.1, -0.05) is 84.6 Å². The number of hydrogen-bond acceptors (Lipinski definition) is 3. The molecule has 0 fully saturated rings. The second-order valence-electron chi connectivity index (χ2n) is 7.31. The molecule has 1 aromatic heterocycles. The first-order valence-electron chi connectivity index (χ1n) is 9.76. The van der Waals surface area contributed by atoms with Crippen LogP contribution in [0.4, 0.5) is 5.69 Å². The molecule has 3 heteroatoms. The lowest BCUT2D eigenvalue weighted by atomic mass is 10.0. The Bertz CT molecular complexity index is 1360. The third-order valence-corrected chi connectivity index (χ3v) is 6.85. The van der Waals surface area contributed by atoms with Crippen molar-refractivity contribution in [1.29, 1.82) is 0 Å². The molecule has 1 atom stereocenters. The first kappa shape index (κ1) is 16.6. The summed E-state index contributed by atoms with van der Waals surface area (Å²) in [6.45, 7) is 0. The fraction of sp³-hybridized carbons (Fsp3) is 0.0385. The van der Waals surface area contributed by atoms with E-state index < -0.39 is 0 Å². The molecule has 1 N–H and O–H groups in total. The number of hydrogen-bond donors (Lipinski definition) is 1. The van der Waals surface area contributed by atoms with E-state index in [0.717, 1.165) is 11.3 Å². The van der Waals surface area contributed by atoms with Crippen molar-refractivity contribution in [3.8, 4) is 11.3 Å². The van der Waals surface area contributed by atoms with E-state index in [1.165, 1.54) is 37.7 Å². The largest absolute Gasteiger partial charge is 0.368 e. The summed E-state index contributed by atoms with van der Waals surface area (Å²) in [6, 6.07) is 32.3. The maximum absolute atomic E-state index is 4.72. The number of rotatable bonds is 2. The Kier molecular flexibility index (Phi) is 3.81. The number of nitrogens with one attached hydrogen (secondary N) is 1. The van der Waals surface area contributed by atoms with E-state index in [1.807, 2.05) is 18.0 Å². The van der Waals surface area contributed by atoms with Crippen molar-refractivity contribution < 1.29 is 0 Å². The maximum Gasteiger partial charge on any atom is 0.103 e. The van der Waals surface area contributed by atoms with E-state index >= 15 is 0 Å². The first-order chi connectivity index (χ1) is 14.4. The molecule has 0 saturated carbocycles. The van der Waals surface area contributed by atoms with Gasteiger partial charge in [0, 0.05) is 27.7 Å². The Labute approximate surface area is 173 Å². The van der Waals surface area contributed by atoms with Crippen molar-refractivity contribution in [3.05, 3.63) is 103 Å². The Hall–Kier alpha value is -3.30. The molecule has 0 bridgehead atoms. The number of aromatic nitrogens is 1. The molecule has 0 aliphatic carbocycles. The number of fused-ring (bicyclic) bond motifs is 4. The Morgan fingerprint density at radius 1 is 0.724 bits per heavy atom. The fourth-order valence-electron chi connectivity index (χ4n) is 4.10. The van der Waals surface area contributed by atoms with Crippen molar-refractivity contribution in [3.63, 3.8) is 0 Å². The average Bonchev–Trinajstić information content (AvgIpc) is 3.24. The summed E-state index contributed by atoms with van der Waals surface area (Å²) in [6.07, 6.45) is 1.90. The monoisotopic (exact) mass is 390 g/mol. The summed E-state index contributed by atoms with van der Waals surface area (Å²) in [5.41, 5.74) is 4.71. The van der Waals surface area contributed by atoms with E-state index in [2.05, 4.69) is 96.3 Å². The van der Waals surface area contributed by atoms with Gasteiger partial charge in [0.25, 0.3) is 0 Å². The minimum Gasteiger partial charge on any atom is -0.368 e.